The summed E-state index contributed by atoms with van der Waals surface area (Å²) in [7, 11) is 0. The number of carbonyl (C=O) groups is 1. The Balaban J connectivity index is 2.75. The average molecular weight is 252 g/mol. The third-order valence-corrected chi connectivity index (χ3v) is 2.21. The van der Waals surface area contributed by atoms with Gasteiger partial charge in [-0.2, -0.15) is 5.10 Å². The fourth-order valence-electron chi connectivity index (χ4n) is 1.07. The standard InChI is InChI=1S/C12H16N2O4/c1-12(2,7-15)6-13-14-11(18)9-5-8(16)3-4-10(9)17/h3-6,15-17H,7H2,1-2H3,(H,14,18)/b13-6+. The van der Waals surface area contributed by atoms with Gasteiger partial charge in [-0.05, 0) is 18.2 Å². The Morgan fingerprint density at radius 3 is 2.72 bits per heavy atom. The van der Waals surface area contributed by atoms with E-state index in [1.807, 2.05) is 0 Å². The van der Waals surface area contributed by atoms with Gasteiger partial charge in [0.25, 0.3) is 5.91 Å². The van der Waals surface area contributed by atoms with E-state index < -0.39 is 11.3 Å². The van der Waals surface area contributed by atoms with Crippen molar-refractivity contribution in [1.82, 2.24) is 5.43 Å². The summed E-state index contributed by atoms with van der Waals surface area (Å²) in [5.41, 5.74) is 1.58. The third kappa shape index (κ3) is 3.74. The Bertz CT molecular complexity index is 469. The first kappa shape index (κ1) is 14.0. The van der Waals surface area contributed by atoms with E-state index in [1.165, 1.54) is 18.3 Å². The highest BCUT2D eigenvalue weighted by Gasteiger charge is 2.14. The van der Waals surface area contributed by atoms with E-state index in [4.69, 9.17) is 5.11 Å². The van der Waals surface area contributed by atoms with Crippen LogP contribution < -0.4 is 5.43 Å². The van der Waals surface area contributed by atoms with Crippen LogP contribution in [0.1, 0.15) is 24.2 Å². The maximum atomic E-state index is 11.6. The van der Waals surface area contributed by atoms with E-state index in [0.29, 0.717) is 0 Å². The summed E-state index contributed by atoms with van der Waals surface area (Å²) >= 11 is 0. The number of phenols is 2. The highest BCUT2D eigenvalue weighted by molar-refractivity contribution is 5.97. The Morgan fingerprint density at radius 1 is 1.44 bits per heavy atom. The van der Waals surface area contributed by atoms with E-state index in [2.05, 4.69) is 10.5 Å². The van der Waals surface area contributed by atoms with Gasteiger partial charge < -0.3 is 15.3 Å². The van der Waals surface area contributed by atoms with Crippen molar-refractivity contribution in [3.63, 3.8) is 0 Å². The zero-order valence-corrected chi connectivity index (χ0v) is 10.2. The Kier molecular flexibility index (Phi) is 4.28. The van der Waals surface area contributed by atoms with Gasteiger partial charge in [0.05, 0.1) is 12.2 Å². The van der Waals surface area contributed by atoms with Crippen molar-refractivity contribution in [2.24, 2.45) is 10.5 Å². The number of nitrogens with zero attached hydrogens (tertiary/aromatic N) is 1. The molecule has 6 heteroatoms. The van der Waals surface area contributed by atoms with Crippen LogP contribution in [0.15, 0.2) is 23.3 Å². The molecule has 0 saturated carbocycles. The van der Waals surface area contributed by atoms with Crippen LogP contribution in [0.5, 0.6) is 11.5 Å². The van der Waals surface area contributed by atoms with Crippen LogP contribution in [0.2, 0.25) is 0 Å². The fraction of sp³-hybridized carbons (Fsp3) is 0.333. The number of phenolic OH excluding ortho intramolecular Hbond substituents is 2. The highest BCUT2D eigenvalue weighted by Crippen LogP contribution is 2.21. The van der Waals surface area contributed by atoms with Gasteiger partial charge in [0, 0.05) is 11.6 Å². The summed E-state index contributed by atoms with van der Waals surface area (Å²) < 4.78 is 0. The second-order valence-corrected chi connectivity index (χ2v) is 4.55. The first-order valence-electron chi connectivity index (χ1n) is 5.33. The summed E-state index contributed by atoms with van der Waals surface area (Å²) in [6, 6.07) is 3.62. The molecule has 1 aromatic rings. The quantitative estimate of drug-likeness (QED) is 0.362. The molecule has 0 aliphatic heterocycles. The molecule has 1 aromatic carbocycles. The lowest BCUT2D eigenvalue weighted by molar-refractivity contribution is 0.0951. The number of nitrogens with one attached hydrogen (secondary N) is 1. The lowest BCUT2D eigenvalue weighted by Crippen LogP contribution is -2.23. The molecule has 0 unspecified atom stereocenters. The minimum absolute atomic E-state index is 0.0750. The molecular formula is C12H16N2O4. The Hall–Kier alpha value is -2.08. The van der Waals surface area contributed by atoms with Crippen LogP contribution in [-0.4, -0.2) is 34.0 Å². The molecule has 0 fully saturated rings. The van der Waals surface area contributed by atoms with Gasteiger partial charge >= 0.3 is 0 Å². The summed E-state index contributed by atoms with van der Waals surface area (Å²) in [6.45, 7) is 3.38. The topological polar surface area (TPSA) is 102 Å². The largest absolute Gasteiger partial charge is 0.508 e. The van der Waals surface area contributed by atoms with Gasteiger partial charge in [-0.25, -0.2) is 5.43 Å². The lowest BCUT2D eigenvalue weighted by atomic mass is 9.97. The van der Waals surface area contributed by atoms with Gasteiger partial charge in [-0.15, -0.1) is 0 Å². The molecule has 0 aliphatic rings. The predicted octanol–water partition coefficient (Wildman–Crippen LogP) is 0.832. The molecule has 0 aliphatic carbocycles. The molecule has 0 radical (unpaired) electrons. The van der Waals surface area contributed by atoms with Crippen molar-refractivity contribution < 1.29 is 20.1 Å². The van der Waals surface area contributed by atoms with Crippen molar-refractivity contribution >= 4 is 12.1 Å². The van der Waals surface area contributed by atoms with E-state index in [0.717, 1.165) is 6.07 Å². The fourth-order valence-corrected chi connectivity index (χ4v) is 1.07. The van der Waals surface area contributed by atoms with Gasteiger partial charge in [0.1, 0.15) is 11.5 Å². The third-order valence-electron chi connectivity index (χ3n) is 2.21. The molecular weight excluding hydrogens is 236 g/mol. The number of hydrazone groups is 1. The summed E-state index contributed by atoms with van der Waals surface area (Å²) in [5.74, 6) is -1.02. The van der Waals surface area contributed by atoms with Crippen LogP contribution in [0.3, 0.4) is 0 Å². The highest BCUT2D eigenvalue weighted by atomic mass is 16.3. The molecule has 0 aromatic heterocycles. The van der Waals surface area contributed by atoms with Crippen LogP contribution in [0, 0.1) is 5.41 Å². The lowest BCUT2D eigenvalue weighted by Gasteiger charge is -2.14. The van der Waals surface area contributed by atoms with E-state index in [-0.39, 0.29) is 23.7 Å². The molecule has 6 nitrogen and oxygen atoms in total. The SMILES string of the molecule is CC(C)(/C=N/NC(=O)c1cc(O)ccc1O)CO. The zero-order valence-electron chi connectivity index (χ0n) is 10.2. The molecule has 18 heavy (non-hydrogen) atoms. The first-order valence-corrected chi connectivity index (χ1v) is 5.33. The smallest absolute Gasteiger partial charge is 0.275 e. The maximum absolute atomic E-state index is 11.6. The Morgan fingerprint density at radius 2 is 2.11 bits per heavy atom. The zero-order chi connectivity index (χ0) is 13.8. The van der Waals surface area contributed by atoms with Crippen LogP contribution in [-0.2, 0) is 0 Å². The number of amides is 1. The van der Waals surface area contributed by atoms with Gasteiger partial charge in [0.15, 0.2) is 0 Å². The molecule has 0 spiro atoms. The number of benzene rings is 1. The van der Waals surface area contributed by atoms with Crippen LogP contribution in [0.25, 0.3) is 0 Å². The number of hydrogen-bond donors (Lipinski definition) is 4. The minimum Gasteiger partial charge on any atom is -0.508 e. The van der Waals surface area contributed by atoms with Crippen molar-refractivity contribution in [3.8, 4) is 11.5 Å². The normalized spacial score (nSPS) is 11.7. The van der Waals surface area contributed by atoms with E-state index >= 15 is 0 Å². The summed E-state index contributed by atoms with van der Waals surface area (Å²) in [6.07, 6.45) is 1.39. The predicted molar refractivity (Wildman–Crippen MR) is 66.6 cm³/mol. The number of aliphatic hydroxyl groups excluding tert-OH is 1. The maximum Gasteiger partial charge on any atom is 0.275 e. The van der Waals surface area contributed by atoms with Gasteiger partial charge in [0.2, 0.25) is 0 Å². The van der Waals surface area contributed by atoms with Crippen molar-refractivity contribution in [2.75, 3.05) is 6.61 Å². The monoisotopic (exact) mass is 252 g/mol. The molecule has 0 heterocycles. The van der Waals surface area contributed by atoms with Crippen LogP contribution >= 0.6 is 0 Å². The van der Waals surface area contributed by atoms with Crippen molar-refractivity contribution in [1.29, 1.82) is 0 Å². The first-order chi connectivity index (χ1) is 8.35. The molecule has 0 atom stereocenters. The number of rotatable bonds is 4. The minimum atomic E-state index is -0.645. The van der Waals surface area contributed by atoms with Crippen molar-refractivity contribution in [2.45, 2.75) is 13.8 Å². The molecule has 0 bridgehead atoms. The van der Waals surface area contributed by atoms with Crippen LogP contribution in [0.4, 0.5) is 0 Å². The summed E-state index contributed by atoms with van der Waals surface area (Å²) in [4.78, 5) is 11.6. The average Bonchev–Trinajstić information content (AvgIpc) is 2.32. The van der Waals surface area contributed by atoms with E-state index in [1.54, 1.807) is 13.8 Å². The van der Waals surface area contributed by atoms with Crippen molar-refractivity contribution in [3.05, 3.63) is 23.8 Å². The second kappa shape index (κ2) is 5.50. The number of aliphatic hydroxyl groups is 1. The van der Waals surface area contributed by atoms with Gasteiger partial charge in [-0.1, -0.05) is 13.8 Å². The molecule has 98 valence electrons. The molecule has 1 amide bonds. The molecule has 0 saturated heterocycles. The number of aromatic hydroxyl groups is 2. The second-order valence-electron chi connectivity index (χ2n) is 4.55. The van der Waals surface area contributed by atoms with Gasteiger partial charge in [-0.3, -0.25) is 4.79 Å². The molecule has 1 rings (SSSR count). The summed E-state index contributed by atoms with van der Waals surface area (Å²) in [5, 5.41) is 31.3. The molecule has 4 N–H and O–H groups in total. The Labute approximate surface area is 105 Å². The van der Waals surface area contributed by atoms with E-state index in [9.17, 15) is 15.0 Å². The number of hydrogen-bond acceptors (Lipinski definition) is 5. The number of carbonyl (C=O) groups excluding carboxylic acids is 1.